The molecule has 6 atom stereocenters. The molecule has 4 rings (SSSR count). The minimum absolute atomic E-state index is 0.151. The van der Waals surface area contributed by atoms with E-state index in [2.05, 4.69) is 20.8 Å². The summed E-state index contributed by atoms with van der Waals surface area (Å²) in [7, 11) is 0. The maximum absolute atomic E-state index is 12.8. The Bertz CT molecular complexity index is 437. The Morgan fingerprint density at radius 2 is 1.85 bits per heavy atom. The first kappa shape index (κ1) is 13.2. The van der Waals surface area contributed by atoms with Crippen molar-refractivity contribution < 1.29 is 9.53 Å². The Morgan fingerprint density at radius 3 is 2.50 bits per heavy atom. The van der Waals surface area contributed by atoms with Crippen molar-refractivity contribution in [3.8, 4) is 0 Å². The molecule has 112 valence electrons. The molecule has 1 spiro atoms. The Kier molecular flexibility index (Phi) is 2.64. The number of hydrogen-bond donors (Lipinski definition) is 0. The van der Waals surface area contributed by atoms with Crippen LogP contribution < -0.4 is 0 Å². The molecule has 4 saturated carbocycles. The van der Waals surface area contributed by atoms with Gasteiger partial charge in [-0.1, -0.05) is 20.3 Å². The highest BCUT2D eigenvalue weighted by Gasteiger charge is 2.78. The standard InChI is InChI=1S/C18H28O2/c1-11-13-9-14(18(10-13)12(2)15(11)18)16(19)20-17(3)7-5-4-6-8-17/h11-15H,4-10H2,1-3H3. The number of carbonyl (C=O) groups excluding carboxylic acids is 1. The minimum atomic E-state index is -0.160. The highest BCUT2D eigenvalue weighted by atomic mass is 16.6. The Labute approximate surface area is 122 Å². The number of ether oxygens (including phenoxy) is 1. The number of hydrogen-bond acceptors (Lipinski definition) is 2. The van der Waals surface area contributed by atoms with E-state index in [4.69, 9.17) is 4.74 Å². The van der Waals surface area contributed by atoms with Gasteiger partial charge in [0.15, 0.2) is 0 Å². The largest absolute Gasteiger partial charge is 0.459 e. The average molecular weight is 276 g/mol. The Balaban J connectivity index is 1.48. The van der Waals surface area contributed by atoms with Crippen molar-refractivity contribution in [2.45, 2.75) is 71.3 Å². The summed E-state index contributed by atoms with van der Waals surface area (Å²) < 4.78 is 6.05. The first-order chi connectivity index (χ1) is 9.48. The predicted molar refractivity (Wildman–Crippen MR) is 78.0 cm³/mol. The lowest BCUT2D eigenvalue weighted by Crippen LogP contribution is -2.38. The van der Waals surface area contributed by atoms with Crippen molar-refractivity contribution in [3.05, 3.63) is 0 Å². The lowest BCUT2D eigenvalue weighted by atomic mass is 9.82. The number of carbonyl (C=O) groups is 1. The van der Waals surface area contributed by atoms with E-state index >= 15 is 0 Å². The van der Waals surface area contributed by atoms with Gasteiger partial charge >= 0.3 is 5.97 Å². The van der Waals surface area contributed by atoms with Crippen LogP contribution in [0.2, 0.25) is 0 Å². The summed E-state index contributed by atoms with van der Waals surface area (Å²) in [6, 6.07) is 0. The first-order valence-electron chi connectivity index (χ1n) is 8.71. The predicted octanol–water partition coefficient (Wildman–Crippen LogP) is 4.18. The number of fused-ring (bicyclic) bond motifs is 1. The van der Waals surface area contributed by atoms with Gasteiger partial charge in [0.2, 0.25) is 0 Å². The van der Waals surface area contributed by atoms with E-state index in [1.807, 2.05) is 0 Å². The topological polar surface area (TPSA) is 26.3 Å². The van der Waals surface area contributed by atoms with Crippen LogP contribution in [0.4, 0.5) is 0 Å². The average Bonchev–Trinajstić information content (AvgIpc) is 2.72. The molecule has 2 heteroatoms. The van der Waals surface area contributed by atoms with Gasteiger partial charge in [0.05, 0.1) is 5.92 Å². The van der Waals surface area contributed by atoms with E-state index in [9.17, 15) is 4.79 Å². The Morgan fingerprint density at radius 1 is 1.15 bits per heavy atom. The van der Waals surface area contributed by atoms with E-state index < -0.39 is 0 Å². The molecule has 2 nitrogen and oxygen atoms in total. The van der Waals surface area contributed by atoms with Crippen LogP contribution in [-0.2, 0) is 9.53 Å². The second kappa shape index (κ2) is 4.01. The van der Waals surface area contributed by atoms with Crippen LogP contribution in [0.5, 0.6) is 0 Å². The molecular formula is C18H28O2. The van der Waals surface area contributed by atoms with Gasteiger partial charge in [0.1, 0.15) is 5.60 Å². The quantitative estimate of drug-likeness (QED) is 0.707. The molecule has 0 aliphatic heterocycles. The monoisotopic (exact) mass is 276 g/mol. The van der Waals surface area contributed by atoms with Crippen LogP contribution >= 0.6 is 0 Å². The molecule has 4 aliphatic rings. The van der Waals surface area contributed by atoms with Crippen molar-refractivity contribution in [2.24, 2.45) is 35.0 Å². The highest BCUT2D eigenvalue weighted by molar-refractivity contribution is 5.76. The molecule has 0 aromatic carbocycles. The second-order valence-corrected chi connectivity index (χ2v) is 8.47. The summed E-state index contributed by atoms with van der Waals surface area (Å²) in [5, 5.41) is 0. The first-order valence-corrected chi connectivity index (χ1v) is 8.71. The van der Waals surface area contributed by atoms with Gasteiger partial charge < -0.3 is 4.74 Å². The van der Waals surface area contributed by atoms with Crippen LogP contribution in [0, 0.1) is 35.0 Å². The smallest absolute Gasteiger partial charge is 0.310 e. The van der Waals surface area contributed by atoms with Gasteiger partial charge in [-0.15, -0.1) is 0 Å². The van der Waals surface area contributed by atoms with Gasteiger partial charge in [-0.3, -0.25) is 4.79 Å². The zero-order valence-corrected chi connectivity index (χ0v) is 13.2. The maximum Gasteiger partial charge on any atom is 0.310 e. The molecule has 20 heavy (non-hydrogen) atoms. The van der Waals surface area contributed by atoms with Gasteiger partial charge in [-0.2, -0.15) is 0 Å². The van der Waals surface area contributed by atoms with Crippen molar-refractivity contribution in [2.75, 3.05) is 0 Å². The minimum Gasteiger partial charge on any atom is -0.459 e. The molecule has 0 amide bonds. The third kappa shape index (κ3) is 1.54. The normalized spacial score (nSPS) is 51.6. The van der Waals surface area contributed by atoms with Crippen LogP contribution in [0.3, 0.4) is 0 Å². The van der Waals surface area contributed by atoms with Crippen molar-refractivity contribution >= 4 is 5.97 Å². The summed E-state index contributed by atoms with van der Waals surface area (Å²) in [6.07, 6.45) is 8.29. The molecule has 4 aliphatic carbocycles. The molecule has 2 bridgehead atoms. The van der Waals surface area contributed by atoms with E-state index in [0.717, 1.165) is 42.9 Å². The van der Waals surface area contributed by atoms with E-state index in [1.54, 1.807) is 0 Å². The fourth-order valence-electron chi connectivity index (χ4n) is 6.44. The lowest BCUT2D eigenvalue weighted by Gasteiger charge is -2.35. The van der Waals surface area contributed by atoms with Gasteiger partial charge in [0.25, 0.3) is 0 Å². The molecule has 0 saturated heterocycles. The van der Waals surface area contributed by atoms with Crippen LogP contribution in [0.1, 0.15) is 65.7 Å². The van der Waals surface area contributed by atoms with Crippen molar-refractivity contribution in [1.29, 1.82) is 0 Å². The second-order valence-electron chi connectivity index (χ2n) is 8.47. The Hall–Kier alpha value is -0.530. The van der Waals surface area contributed by atoms with Crippen molar-refractivity contribution in [1.82, 2.24) is 0 Å². The summed E-state index contributed by atoms with van der Waals surface area (Å²) in [5.41, 5.74) is 0.194. The zero-order valence-electron chi connectivity index (χ0n) is 13.2. The molecule has 0 aromatic heterocycles. The highest BCUT2D eigenvalue weighted by Crippen LogP contribution is 2.81. The molecule has 0 radical (unpaired) electrons. The summed E-state index contributed by atoms with van der Waals surface area (Å²) in [4.78, 5) is 12.8. The van der Waals surface area contributed by atoms with Crippen LogP contribution in [0.25, 0.3) is 0 Å². The van der Waals surface area contributed by atoms with Gasteiger partial charge in [0, 0.05) is 0 Å². The molecule has 0 aromatic rings. The third-order valence-corrected chi connectivity index (χ3v) is 7.55. The molecule has 4 fully saturated rings. The zero-order chi connectivity index (χ0) is 14.1. The lowest BCUT2D eigenvalue weighted by molar-refractivity contribution is -0.169. The molecule has 6 unspecified atom stereocenters. The maximum atomic E-state index is 12.8. The van der Waals surface area contributed by atoms with Crippen LogP contribution in [0.15, 0.2) is 0 Å². The SMILES string of the molecule is CC1C2CC(C(=O)OC3(C)CCCCC3)C3(C2)C(C)C13. The number of rotatable bonds is 2. The summed E-state index contributed by atoms with van der Waals surface area (Å²) >= 11 is 0. The fourth-order valence-corrected chi connectivity index (χ4v) is 6.44. The molecule has 0 heterocycles. The summed E-state index contributed by atoms with van der Waals surface area (Å²) in [5.74, 6) is 3.60. The summed E-state index contributed by atoms with van der Waals surface area (Å²) in [6.45, 7) is 6.93. The third-order valence-electron chi connectivity index (χ3n) is 7.55. The van der Waals surface area contributed by atoms with Crippen LogP contribution in [-0.4, -0.2) is 11.6 Å². The van der Waals surface area contributed by atoms with E-state index in [-0.39, 0.29) is 17.5 Å². The molecule has 0 N–H and O–H groups in total. The van der Waals surface area contributed by atoms with E-state index in [0.29, 0.717) is 5.41 Å². The van der Waals surface area contributed by atoms with Gasteiger partial charge in [-0.25, -0.2) is 0 Å². The van der Waals surface area contributed by atoms with Gasteiger partial charge in [-0.05, 0) is 74.5 Å². The van der Waals surface area contributed by atoms with Crippen molar-refractivity contribution in [3.63, 3.8) is 0 Å². The number of esters is 1. The fraction of sp³-hybridized carbons (Fsp3) is 0.944. The molecular weight excluding hydrogens is 248 g/mol. The van der Waals surface area contributed by atoms with E-state index in [1.165, 1.54) is 25.7 Å².